The Balaban J connectivity index is 2.49. The fraction of sp³-hybridized carbons (Fsp3) is 0.0769. The van der Waals surface area contributed by atoms with Crippen LogP contribution >= 0.6 is 10.7 Å². The van der Waals surface area contributed by atoms with E-state index in [0.717, 1.165) is 11.1 Å². The van der Waals surface area contributed by atoms with Gasteiger partial charge in [-0.2, -0.15) is 0 Å². The van der Waals surface area contributed by atoms with E-state index in [-0.39, 0.29) is 5.75 Å². The van der Waals surface area contributed by atoms with E-state index in [1.807, 2.05) is 48.5 Å². The van der Waals surface area contributed by atoms with Gasteiger partial charge in [-0.3, -0.25) is 0 Å². The molecule has 2 aromatic carbocycles. The summed E-state index contributed by atoms with van der Waals surface area (Å²) in [6.45, 7) is 0. The van der Waals surface area contributed by atoms with Crippen molar-refractivity contribution in [3.8, 4) is 11.1 Å². The first-order valence-electron chi connectivity index (χ1n) is 5.12. The minimum absolute atomic E-state index is 0.153. The summed E-state index contributed by atoms with van der Waals surface area (Å²) in [4.78, 5) is 0. The molecule has 0 heterocycles. The first-order chi connectivity index (χ1) is 8.06. The van der Waals surface area contributed by atoms with Crippen LogP contribution in [0.1, 0.15) is 5.56 Å². The third-order valence-electron chi connectivity index (χ3n) is 2.43. The fourth-order valence-electron chi connectivity index (χ4n) is 1.73. The van der Waals surface area contributed by atoms with E-state index in [4.69, 9.17) is 10.7 Å². The SMILES string of the molecule is O=S(=O)(Cl)Cc1ccccc1-c1ccccc1. The number of benzene rings is 2. The Bertz CT molecular complexity index is 606. The zero-order chi connectivity index (χ0) is 12.3. The van der Waals surface area contributed by atoms with Crippen molar-refractivity contribution in [1.29, 1.82) is 0 Å². The second-order valence-electron chi connectivity index (χ2n) is 3.71. The van der Waals surface area contributed by atoms with E-state index in [1.54, 1.807) is 6.07 Å². The topological polar surface area (TPSA) is 34.1 Å². The van der Waals surface area contributed by atoms with Crippen LogP contribution in [0.4, 0.5) is 0 Å². The number of rotatable bonds is 3. The van der Waals surface area contributed by atoms with Crippen molar-refractivity contribution < 1.29 is 8.42 Å². The van der Waals surface area contributed by atoms with Crippen LogP contribution in [0.25, 0.3) is 11.1 Å². The lowest BCUT2D eigenvalue weighted by atomic mass is 10.0. The standard InChI is InChI=1S/C13H11ClO2S/c14-17(15,16)10-12-8-4-5-9-13(12)11-6-2-1-3-7-11/h1-9H,10H2. The molecule has 0 radical (unpaired) electrons. The molecular formula is C13H11ClO2S. The van der Waals surface area contributed by atoms with Crippen molar-refractivity contribution in [2.75, 3.05) is 0 Å². The van der Waals surface area contributed by atoms with Crippen LogP contribution < -0.4 is 0 Å². The first-order valence-corrected chi connectivity index (χ1v) is 7.60. The van der Waals surface area contributed by atoms with Gasteiger partial charge in [-0.1, -0.05) is 54.6 Å². The smallest absolute Gasteiger partial charge is 0.212 e. The van der Waals surface area contributed by atoms with Gasteiger partial charge in [0, 0.05) is 10.7 Å². The van der Waals surface area contributed by atoms with Gasteiger partial charge in [-0.25, -0.2) is 8.42 Å². The van der Waals surface area contributed by atoms with Gasteiger partial charge < -0.3 is 0 Å². The zero-order valence-corrected chi connectivity index (χ0v) is 10.6. The molecule has 2 aromatic rings. The first kappa shape index (κ1) is 12.1. The largest absolute Gasteiger partial charge is 0.236 e. The van der Waals surface area contributed by atoms with Crippen molar-refractivity contribution in [2.24, 2.45) is 0 Å². The van der Waals surface area contributed by atoms with E-state index < -0.39 is 9.05 Å². The Morgan fingerprint density at radius 1 is 0.882 bits per heavy atom. The van der Waals surface area contributed by atoms with Gasteiger partial charge in [0.25, 0.3) is 0 Å². The summed E-state index contributed by atoms with van der Waals surface area (Å²) in [5, 5.41) is 0. The molecule has 0 N–H and O–H groups in total. The molecule has 0 aliphatic heterocycles. The molecular weight excluding hydrogens is 256 g/mol. The summed E-state index contributed by atoms with van der Waals surface area (Å²) in [7, 11) is 1.76. The highest BCUT2D eigenvalue weighted by molar-refractivity contribution is 8.13. The van der Waals surface area contributed by atoms with Crippen molar-refractivity contribution >= 4 is 19.7 Å². The second kappa shape index (κ2) is 4.90. The second-order valence-corrected chi connectivity index (χ2v) is 6.48. The molecule has 0 saturated carbocycles. The van der Waals surface area contributed by atoms with E-state index in [1.165, 1.54) is 0 Å². The highest BCUT2D eigenvalue weighted by Gasteiger charge is 2.11. The number of halogens is 1. The summed E-state index contributed by atoms with van der Waals surface area (Å²) < 4.78 is 22.3. The van der Waals surface area contributed by atoms with Crippen LogP contribution in [0.3, 0.4) is 0 Å². The van der Waals surface area contributed by atoms with Crippen LogP contribution in [0.5, 0.6) is 0 Å². The molecule has 0 atom stereocenters. The quantitative estimate of drug-likeness (QED) is 0.798. The van der Waals surface area contributed by atoms with E-state index in [9.17, 15) is 8.42 Å². The maximum absolute atomic E-state index is 11.1. The molecule has 0 aromatic heterocycles. The summed E-state index contributed by atoms with van der Waals surface area (Å²) >= 11 is 0. The van der Waals surface area contributed by atoms with Gasteiger partial charge in [-0.15, -0.1) is 0 Å². The third kappa shape index (κ3) is 3.32. The molecule has 0 amide bonds. The van der Waals surface area contributed by atoms with Gasteiger partial charge in [-0.05, 0) is 16.7 Å². The maximum Gasteiger partial charge on any atom is 0.236 e. The monoisotopic (exact) mass is 266 g/mol. The lowest BCUT2D eigenvalue weighted by molar-refractivity contribution is 0.609. The van der Waals surface area contributed by atoms with Gasteiger partial charge in [0.2, 0.25) is 9.05 Å². The summed E-state index contributed by atoms with van der Waals surface area (Å²) in [5.41, 5.74) is 2.61. The Labute approximate surface area is 105 Å². The van der Waals surface area contributed by atoms with Gasteiger partial charge in [0.15, 0.2) is 0 Å². The zero-order valence-electron chi connectivity index (χ0n) is 9.01. The average molecular weight is 267 g/mol. The highest BCUT2D eigenvalue weighted by Crippen LogP contribution is 2.25. The third-order valence-corrected chi connectivity index (χ3v) is 3.41. The molecule has 0 fully saturated rings. The summed E-state index contributed by atoms with van der Waals surface area (Å²) in [6, 6.07) is 17.0. The minimum Gasteiger partial charge on any atom is -0.212 e. The van der Waals surface area contributed by atoms with Crippen molar-refractivity contribution in [2.45, 2.75) is 5.75 Å². The molecule has 0 aliphatic carbocycles. The Morgan fingerprint density at radius 2 is 1.47 bits per heavy atom. The maximum atomic E-state index is 11.1. The fourth-order valence-corrected chi connectivity index (χ4v) is 2.71. The van der Waals surface area contributed by atoms with Crippen LogP contribution in [-0.4, -0.2) is 8.42 Å². The molecule has 17 heavy (non-hydrogen) atoms. The Kier molecular flexibility index (Phi) is 3.50. The van der Waals surface area contributed by atoms with Crippen LogP contribution in [0.15, 0.2) is 54.6 Å². The predicted molar refractivity (Wildman–Crippen MR) is 70.4 cm³/mol. The number of hydrogen-bond acceptors (Lipinski definition) is 2. The normalized spacial score (nSPS) is 11.4. The molecule has 4 heteroatoms. The molecule has 0 bridgehead atoms. The van der Waals surface area contributed by atoms with Crippen molar-refractivity contribution in [3.63, 3.8) is 0 Å². The molecule has 0 saturated heterocycles. The summed E-state index contributed by atoms with van der Waals surface area (Å²) in [6.07, 6.45) is 0. The van der Waals surface area contributed by atoms with Crippen molar-refractivity contribution in [3.05, 3.63) is 60.2 Å². The lowest BCUT2D eigenvalue weighted by Gasteiger charge is -2.07. The molecule has 2 nitrogen and oxygen atoms in total. The van der Waals surface area contributed by atoms with Gasteiger partial charge >= 0.3 is 0 Å². The van der Waals surface area contributed by atoms with E-state index >= 15 is 0 Å². The molecule has 2 rings (SSSR count). The Hall–Kier alpha value is -1.32. The molecule has 88 valence electrons. The highest BCUT2D eigenvalue weighted by atomic mass is 35.7. The van der Waals surface area contributed by atoms with E-state index in [0.29, 0.717) is 5.56 Å². The van der Waals surface area contributed by atoms with Crippen LogP contribution in [-0.2, 0) is 14.8 Å². The molecule has 0 spiro atoms. The Morgan fingerprint density at radius 3 is 2.12 bits per heavy atom. The predicted octanol–water partition coefficient (Wildman–Crippen LogP) is 3.42. The molecule has 0 unspecified atom stereocenters. The minimum atomic E-state index is -3.54. The van der Waals surface area contributed by atoms with Gasteiger partial charge in [0.1, 0.15) is 0 Å². The average Bonchev–Trinajstić information content (AvgIpc) is 2.29. The molecule has 0 aliphatic rings. The van der Waals surface area contributed by atoms with Crippen molar-refractivity contribution in [1.82, 2.24) is 0 Å². The number of hydrogen-bond donors (Lipinski definition) is 0. The van der Waals surface area contributed by atoms with Crippen LogP contribution in [0, 0.1) is 0 Å². The summed E-state index contributed by atoms with van der Waals surface area (Å²) in [5.74, 6) is -0.153. The van der Waals surface area contributed by atoms with Gasteiger partial charge in [0.05, 0.1) is 5.75 Å². The lowest BCUT2D eigenvalue weighted by Crippen LogP contribution is -1.97. The van der Waals surface area contributed by atoms with E-state index in [2.05, 4.69) is 0 Å². The van der Waals surface area contributed by atoms with Crippen LogP contribution in [0.2, 0.25) is 0 Å².